The first kappa shape index (κ1) is 16.9. The molecule has 1 fully saturated rings. The lowest BCUT2D eigenvalue weighted by molar-refractivity contribution is -0.142. The van der Waals surface area contributed by atoms with E-state index < -0.39 is 6.04 Å². The average Bonchev–Trinajstić information content (AvgIpc) is 2.76. The standard InChI is InChI=1S/C14H27N3O3/c1-4-5-6-20-9-13(18)17-8-11(15)7-12(17)14(19)16-10(2)3/h10-12H,4-9,15H2,1-3H3,(H,16,19)/t11-,12+/m1/s1. The molecule has 6 heteroatoms. The molecule has 0 aromatic heterocycles. The molecule has 1 aliphatic rings. The summed E-state index contributed by atoms with van der Waals surface area (Å²) in [5.74, 6) is -0.284. The first-order valence-electron chi connectivity index (χ1n) is 7.38. The van der Waals surface area contributed by atoms with Gasteiger partial charge in [-0.1, -0.05) is 13.3 Å². The highest BCUT2D eigenvalue weighted by molar-refractivity contribution is 5.89. The van der Waals surface area contributed by atoms with Gasteiger partial charge < -0.3 is 20.7 Å². The third-order valence-corrected chi connectivity index (χ3v) is 3.26. The number of hydrogen-bond donors (Lipinski definition) is 2. The van der Waals surface area contributed by atoms with Crippen LogP contribution < -0.4 is 11.1 Å². The molecule has 0 aliphatic carbocycles. The minimum atomic E-state index is -0.463. The minimum absolute atomic E-state index is 0.0260. The highest BCUT2D eigenvalue weighted by atomic mass is 16.5. The summed E-state index contributed by atoms with van der Waals surface area (Å²) in [7, 11) is 0. The zero-order valence-electron chi connectivity index (χ0n) is 12.7. The van der Waals surface area contributed by atoms with Crippen LogP contribution in [0.5, 0.6) is 0 Å². The number of hydrogen-bond acceptors (Lipinski definition) is 4. The van der Waals surface area contributed by atoms with Gasteiger partial charge in [-0.05, 0) is 26.7 Å². The van der Waals surface area contributed by atoms with E-state index in [-0.39, 0.29) is 30.5 Å². The fourth-order valence-corrected chi connectivity index (χ4v) is 2.26. The predicted molar refractivity (Wildman–Crippen MR) is 77.1 cm³/mol. The number of likely N-dealkylation sites (tertiary alicyclic amines) is 1. The van der Waals surface area contributed by atoms with Gasteiger partial charge in [-0.25, -0.2) is 0 Å². The molecule has 0 spiro atoms. The Morgan fingerprint density at radius 2 is 2.15 bits per heavy atom. The largest absolute Gasteiger partial charge is 0.372 e. The van der Waals surface area contributed by atoms with Gasteiger partial charge >= 0.3 is 0 Å². The molecule has 1 saturated heterocycles. The minimum Gasteiger partial charge on any atom is -0.372 e. The smallest absolute Gasteiger partial charge is 0.249 e. The third-order valence-electron chi connectivity index (χ3n) is 3.26. The summed E-state index contributed by atoms with van der Waals surface area (Å²) >= 11 is 0. The zero-order valence-corrected chi connectivity index (χ0v) is 12.7. The van der Waals surface area contributed by atoms with E-state index in [2.05, 4.69) is 12.2 Å². The van der Waals surface area contributed by atoms with Crippen molar-refractivity contribution in [3.05, 3.63) is 0 Å². The van der Waals surface area contributed by atoms with Gasteiger partial charge in [0, 0.05) is 25.2 Å². The molecular formula is C14H27N3O3. The molecule has 6 nitrogen and oxygen atoms in total. The number of carbonyl (C=O) groups is 2. The third kappa shape index (κ3) is 5.09. The van der Waals surface area contributed by atoms with Gasteiger partial charge in [0.1, 0.15) is 12.6 Å². The van der Waals surface area contributed by atoms with Crippen LogP contribution >= 0.6 is 0 Å². The van der Waals surface area contributed by atoms with Crippen LogP contribution in [-0.4, -0.2) is 54.6 Å². The normalized spacial score (nSPS) is 22.4. The molecule has 2 atom stereocenters. The summed E-state index contributed by atoms with van der Waals surface area (Å²) < 4.78 is 5.33. The van der Waals surface area contributed by atoms with Crippen LogP contribution in [0, 0.1) is 0 Å². The maximum Gasteiger partial charge on any atom is 0.249 e. The van der Waals surface area contributed by atoms with E-state index in [0.717, 1.165) is 12.8 Å². The highest BCUT2D eigenvalue weighted by Gasteiger charge is 2.38. The monoisotopic (exact) mass is 285 g/mol. The van der Waals surface area contributed by atoms with Crippen molar-refractivity contribution in [3.63, 3.8) is 0 Å². The molecule has 0 bridgehead atoms. The van der Waals surface area contributed by atoms with Crippen molar-refractivity contribution >= 4 is 11.8 Å². The van der Waals surface area contributed by atoms with Crippen molar-refractivity contribution in [2.24, 2.45) is 5.73 Å². The lowest BCUT2D eigenvalue weighted by Crippen LogP contribution is -2.48. The first-order chi connectivity index (χ1) is 9.45. The number of unbranched alkanes of at least 4 members (excludes halogenated alkanes) is 1. The quantitative estimate of drug-likeness (QED) is 0.657. The molecule has 0 radical (unpaired) electrons. The number of nitrogens with one attached hydrogen (secondary N) is 1. The molecule has 1 aliphatic heterocycles. The highest BCUT2D eigenvalue weighted by Crippen LogP contribution is 2.17. The van der Waals surface area contributed by atoms with E-state index in [1.54, 1.807) is 4.90 Å². The Bertz CT molecular complexity index is 334. The molecule has 0 aromatic rings. The fraction of sp³-hybridized carbons (Fsp3) is 0.857. The number of carbonyl (C=O) groups excluding carboxylic acids is 2. The first-order valence-corrected chi connectivity index (χ1v) is 7.38. The van der Waals surface area contributed by atoms with E-state index in [9.17, 15) is 9.59 Å². The number of ether oxygens (including phenoxy) is 1. The average molecular weight is 285 g/mol. The van der Waals surface area contributed by atoms with Crippen LogP contribution in [0.3, 0.4) is 0 Å². The number of rotatable bonds is 7. The van der Waals surface area contributed by atoms with Crippen LogP contribution in [0.25, 0.3) is 0 Å². The zero-order chi connectivity index (χ0) is 15.1. The lowest BCUT2D eigenvalue weighted by atomic mass is 10.1. The number of nitrogens with zero attached hydrogens (tertiary/aromatic N) is 1. The molecule has 2 amide bonds. The van der Waals surface area contributed by atoms with Crippen molar-refractivity contribution in [1.82, 2.24) is 10.2 Å². The number of nitrogens with two attached hydrogens (primary N) is 1. The second-order valence-corrected chi connectivity index (χ2v) is 5.63. The Balaban J connectivity index is 2.52. The van der Waals surface area contributed by atoms with E-state index in [1.807, 2.05) is 13.8 Å². The van der Waals surface area contributed by atoms with E-state index in [4.69, 9.17) is 10.5 Å². The maximum atomic E-state index is 12.1. The van der Waals surface area contributed by atoms with Crippen molar-refractivity contribution in [2.75, 3.05) is 19.8 Å². The Morgan fingerprint density at radius 3 is 2.75 bits per heavy atom. The summed E-state index contributed by atoms with van der Waals surface area (Å²) in [5.41, 5.74) is 5.88. The van der Waals surface area contributed by atoms with E-state index in [0.29, 0.717) is 19.6 Å². The molecular weight excluding hydrogens is 258 g/mol. The van der Waals surface area contributed by atoms with Crippen molar-refractivity contribution < 1.29 is 14.3 Å². The predicted octanol–water partition coefficient (Wildman–Crippen LogP) is 0.256. The molecule has 1 heterocycles. The Labute approximate surface area is 121 Å². The summed E-state index contributed by atoms with van der Waals surface area (Å²) in [5, 5.41) is 2.84. The summed E-state index contributed by atoms with van der Waals surface area (Å²) in [4.78, 5) is 25.8. The molecule has 0 saturated carbocycles. The molecule has 20 heavy (non-hydrogen) atoms. The van der Waals surface area contributed by atoms with Gasteiger partial charge in [-0.15, -0.1) is 0 Å². The van der Waals surface area contributed by atoms with Gasteiger partial charge in [0.25, 0.3) is 0 Å². The molecule has 0 unspecified atom stereocenters. The summed E-state index contributed by atoms with van der Waals surface area (Å²) in [6.45, 7) is 6.88. The summed E-state index contributed by atoms with van der Waals surface area (Å²) in [6, 6.07) is -0.552. The van der Waals surface area contributed by atoms with Gasteiger partial charge in [0.15, 0.2) is 0 Å². The van der Waals surface area contributed by atoms with Gasteiger partial charge in [0.2, 0.25) is 11.8 Å². The van der Waals surface area contributed by atoms with Gasteiger partial charge in [0.05, 0.1) is 0 Å². The van der Waals surface area contributed by atoms with Gasteiger partial charge in [-0.2, -0.15) is 0 Å². The topological polar surface area (TPSA) is 84.7 Å². The second kappa shape index (κ2) is 8.21. The van der Waals surface area contributed by atoms with Crippen LogP contribution in [0.1, 0.15) is 40.0 Å². The lowest BCUT2D eigenvalue weighted by Gasteiger charge is -2.24. The second-order valence-electron chi connectivity index (χ2n) is 5.63. The van der Waals surface area contributed by atoms with E-state index in [1.165, 1.54) is 0 Å². The van der Waals surface area contributed by atoms with Crippen molar-refractivity contribution in [1.29, 1.82) is 0 Å². The molecule has 1 rings (SSSR count). The summed E-state index contributed by atoms with van der Waals surface area (Å²) in [6.07, 6.45) is 2.48. The number of amides is 2. The van der Waals surface area contributed by atoms with Crippen LogP contribution in [0.4, 0.5) is 0 Å². The Kier molecular flexibility index (Phi) is 6.95. The van der Waals surface area contributed by atoms with Crippen LogP contribution in [-0.2, 0) is 14.3 Å². The SMILES string of the molecule is CCCCOCC(=O)N1C[C@H](N)C[C@H]1C(=O)NC(C)C. The fourth-order valence-electron chi connectivity index (χ4n) is 2.26. The molecule has 116 valence electrons. The Morgan fingerprint density at radius 1 is 1.45 bits per heavy atom. The van der Waals surface area contributed by atoms with Crippen molar-refractivity contribution in [3.8, 4) is 0 Å². The van der Waals surface area contributed by atoms with Gasteiger partial charge in [-0.3, -0.25) is 9.59 Å². The van der Waals surface area contributed by atoms with Crippen LogP contribution in [0.2, 0.25) is 0 Å². The maximum absolute atomic E-state index is 12.1. The molecule has 3 N–H and O–H groups in total. The Hall–Kier alpha value is -1.14. The molecule has 0 aromatic carbocycles. The van der Waals surface area contributed by atoms with Crippen molar-refractivity contribution in [2.45, 2.75) is 58.2 Å². The van der Waals surface area contributed by atoms with E-state index >= 15 is 0 Å². The van der Waals surface area contributed by atoms with Crippen LogP contribution in [0.15, 0.2) is 0 Å².